The molecule has 0 fully saturated rings. The molecular weight excluding hydrogens is 364 g/mol. The van der Waals surface area contributed by atoms with Gasteiger partial charge in [0.1, 0.15) is 5.01 Å². The summed E-state index contributed by atoms with van der Waals surface area (Å²) in [7, 11) is 0. The molecule has 0 spiro atoms. The number of benzene rings is 2. The van der Waals surface area contributed by atoms with Crippen LogP contribution in [0.2, 0.25) is 0 Å². The van der Waals surface area contributed by atoms with E-state index < -0.39 is 0 Å². The van der Waals surface area contributed by atoms with Gasteiger partial charge >= 0.3 is 0 Å². The second-order valence-corrected chi connectivity index (χ2v) is 7.58. The number of thiazole rings is 1. The number of aromatic nitrogens is 3. The number of anilines is 1. The summed E-state index contributed by atoms with van der Waals surface area (Å²) in [5.74, 6) is 0.665. The molecular formula is C19H16N4OS2. The van der Waals surface area contributed by atoms with E-state index in [2.05, 4.69) is 20.3 Å². The summed E-state index contributed by atoms with van der Waals surface area (Å²) in [6, 6.07) is 17.4. The summed E-state index contributed by atoms with van der Waals surface area (Å²) in [6.45, 7) is 0. The molecule has 2 aromatic carbocycles. The Morgan fingerprint density at radius 2 is 1.88 bits per heavy atom. The van der Waals surface area contributed by atoms with Crippen LogP contribution in [-0.2, 0) is 17.0 Å². The number of hydrogen-bond donors (Lipinski definition) is 2. The van der Waals surface area contributed by atoms with Gasteiger partial charge in [0.25, 0.3) is 0 Å². The normalized spacial score (nSPS) is 10.9. The summed E-state index contributed by atoms with van der Waals surface area (Å²) in [6.07, 6.45) is 0.287. The first kappa shape index (κ1) is 16.8. The molecule has 4 aromatic rings. The standard InChI is InChI=1S/C19H16N4OS2/c24-17(20-13-6-2-1-3-7-13)10-18-21-14(11-25-18)12-26-19-22-15-8-4-5-9-16(15)23-19/h1-9,11H,10,12H2,(H,20,24)(H,22,23). The third-order valence-electron chi connectivity index (χ3n) is 3.69. The molecule has 0 aliphatic heterocycles. The Labute approximate surface area is 158 Å². The lowest BCUT2D eigenvalue weighted by atomic mass is 10.3. The average molecular weight is 380 g/mol. The van der Waals surface area contributed by atoms with Crippen LogP contribution in [0.4, 0.5) is 5.69 Å². The third-order valence-corrected chi connectivity index (χ3v) is 5.50. The molecule has 0 aliphatic carbocycles. The van der Waals surface area contributed by atoms with E-state index in [-0.39, 0.29) is 12.3 Å². The number of fused-ring (bicyclic) bond motifs is 1. The molecule has 0 saturated carbocycles. The first-order valence-corrected chi connectivity index (χ1v) is 9.98. The van der Waals surface area contributed by atoms with Crippen LogP contribution in [0.1, 0.15) is 10.7 Å². The van der Waals surface area contributed by atoms with Crippen LogP contribution in [0.25, 0.3) is 11.0 Å². The minimum absolute atomic E-state index is 0.0537. The number of carbonyl (C=O) groups is 1. The van der Waals surface area contributed by atoms with Gasteiger partial charge in [-0.1, -0.05) is 42.1 Å². The van der Waals surface area contributed by atoms with Gasteiger partial charge in [0.2, 0.25) is 5.91 Å². The molecule has 0 atom stereocenters. The highest BCUT2D eigenvalue weighted by Gasteiger charge is 2.10. The van der Waals surface area contributed by atoms with Gasteiger partial charge < -0.3 is 10.3 Å². The number of thioether (sulfide) groups is 1. The molecule has 0 bridgehead atoms. The lowest BCUT2D eigenvalue weighted by Gasteiger charge is -2.02. The van der Waals surface area contributed by atoms with Gasteiger partial charge in [-0.05, 0) is 24.3 Å². The van der Waals surface area contributed by atoms with E-state index in [0.717, 1.165) is 38.3 Å². The number of nitrogens with zero attached hydrogens (tertiary/aromatic N) is 2. The number of hydrogen-bond acceptors (Lipinski definition) is 5. The summed E-state index contributed by atoms with van der Waals surface area (Å²) in [5.41, 5.74) is 3.76. The molecule has 0 unspecified atom stereocenters. The highest BCUT2D eigenvalue weighted by Crippen LogP contribution is 2.24. The van der Waals surface area contributed by atoms with Crippen molar-refractivity contribution in [3.8, 4) is 0 Å². The summed E-state index contributed by atoms with van der Waals surface area (Å²) in [5, 5.41) is 6.58. The highest BCUT2D eigenvalue weighted by molar-refractivity contribution is 7.98. The highest BCUT2D eigenvalue weighted by atomic mass is 32.2. The van der Waals surface area contributed by atoms with E-state index in [9.17, 15) is 4.79 Å². The number of aromatic amines is 1. The quantitative estimate of drug-likeness (QED) is 0.484. The summed E-state index contributed by atoms with van der Waals surface area (Å²) in [4.78, 5) is 24.5. The molecule has 0 saturated heterocycles. The van der Waals surface area contributed by atoms with Gasteiger partial charge in [-0.3, -0.25) is 4.79 Å². The van der Waals surface area contributed by atoms with Crippen LogP contribution in [-0.4, -0.2) is 20.9 Å². The van der Waals surface area contributed by atoms with Crippen molar-refractivity contribution >= 4 is 45.7 Å². The molecule has 2 heterocycles. The number of nitrogens with one attached hydrogen (secondary N) is 2. The molecule has 4 rings (SSSR count). The zero-order valence-corrected chi connectivity index (χ0v) is 15.4. The van der Waals surface area contributed by atoms with E-state index in [1.165, 1.54) is 11.3 Å². The molecule has 130 valence electrons. The maximum atomic E-state index is 12.1. The maximum absolute atomic E-state index is 12.1. The van der Waals surface area contributed by atoms with E-state index in [4.69, 9.17) is 0 Å². The van der Waals surface area contributed by atoms with Crippen molar-refractivity contribution in [3.05, 3.63) is 70.7 Å². The predicted molar refractivity (Wildman–Crippen MR) is 107 cm³/mol. The Kier molecular flexibility index (Phi) is 4.99. The van der Waals surface area contributed by atoms with Crippen molar-refractivity contribution in [1.29, 1.82) is 0 Å². The maximum Gasteiger partial charge on any atom is 0.231 e. The van der Waals surface area contributed by atoms with Crippen LogP contribution in [0.5, 0.6) is 0 Å². The van der Waals surface area contributed by atoms with Crippen molar-refractivity contribution in [3.63, 3.8) is 0 Å². The van der Waals surface area contributed by atoms with Gasteiger partial charge in [-0.15, -0.1) is 11.3 Å². The molecule has 0 radical (unpaired) electrons. The second-order valence-electron chi connectivity index (χ2n) is 5.67. The SMILES string of the molecule is O=C(Cc1nc(CSc2nc3ccccc3[nH]2)cs1)Nc1ccccc1. The first-order chi connectivity index (χ1) is 12.8. The second kappa shape index (κ2) is 7.72. The Morgan fingerprint density at radius 3 is 2.73 bits per heavy atom. The third kappa shape index (κ3) is 4.12. The van der Waals surface area contributed by atoms with E-state index >= 15 is 0 Å². The van der Waals surface area contributed by atoms with Crippen molar-refractivity contribution in [1.82, 2.24) is 15.0 Å². The Hall–Kier alpha value is -2.64. The van der Waals surface area contributed by atoms with Gasteiger partial charge in [-0.2, -0.15) is 0 Å². The average Bonchev–Trinajstić information content (AvgIpc) is 3.26. The minimum Gasteiger partial charge on any atom is -0.333 e. The van der Waals surface area contributed by atoms with Crippen molar-refractivity contribution in [2.75, 3.05) is 5.32 Å². The zero-order chi connectivity index (χ0) is 17.8. The van der Waals surface area contributed by atoms with Gasteiger partial charge in [0.05, 0.1) is 23.1 Å². The Morgan fingerprint density at radius 1 is 1.08 bits per heavy atom. The van der Waals surface area contributed by atoms with Crippen molar-refractivity contribution < 1.29 is 4.79 Å². The van der Waals surface area contributed by atoms with Crippen LogP contribution >= 0.6 is 23.1 Å². The lowest BCUT2D eigenvalue weighted by Crippen LogP contribution is -2.14. The molecule has 5 nitrogen and oxygen atoms in total. The number of imidazole rings is 1. The molecule has 26 heavy (non-hydrogen) atoms. The Balaban J connectivity index is 1.33. The number of rotatable bonds is 6. The number of H-pyrrole nitrogens is 1. The smallest absolute Gasteiger partial charge is 0.231 e. The van der Waals surface area contributed by atoms with E-state index in [0.29, 0.717) is 0 Å². The monoisotopic (exact) mass is 380 g/mol. The minimum atomic E-state index is -0.0537. The topological polar surface area (TPSA) is 70.7 Å². The molecule has 2 N–H and O–H groups in total. The van der Waals surface area contributed by atoms with Gasteiger partial charge in [0, 0.05) is 16.8 Å². The van der Waals surface area contributed by atoms with Crippen LogP contribution in [0.3, 0.4) is 0 Å². The van der Waals surface area contributed by atoms with Gasteiger partial charge in [-0.25, -0.2) is 9.97 Å². The number of amides is 1. The van der Waals surface area contributed by atoms with Crippen molar-refractivity contribution in [2.24, 2.45) is 0 Å². The zero-order valence-electron chi connectivity index (χ0n) is 13.8. The lowest BCUT2D eigenvalue weighted by molar-refractivity contribution is -0.115. The predicted octanol–water partition coefficient (Wildman–Crippen LogP) is 4.49. The van der Waals surface area contributed by atoms with Crippen LogP contribution < -0.4 is 5.32 Å². The fraction of sp³-hybridized carbons (Fsp3) is 0.105. The number of carbonyl (C=O) groups excluding carboxylic acids is 1. The van der Waals surface area contributed by atoms with Crippen LogP contribution in [0, 0.1) is 0 Å². The molecule has 1 amide bonds. The van der Waals surface area contributed by atoms with E-state index in [1.54, 1.807) is 11.8 Å². The number of para-hydroxylation sites is 3. The summed E-state index contributed by atoms with van der Waals surface area (Å²) >= 11 is 3.12. The largest absolute Gasteiger partial charge is 0.333 e. The molecule has 7 heteroatoms. The summed E-state index contributed by atoms with van der Waals surface area (Å²) < 4.78 is 0. The van der Waals surface area contributed by atoms with E-state index in [1.807, 2.05) is 60.0 Å². The first-order valence-electron chi connectivity index (χ1n) is 8.12. The van der Waals surface area contributed by atoms with Crippen LogP contribution in [0.15, 0.2) is 65.1 Å². The molecule has 2 aromatic heterocycles. The fourth-order valence-electron chi connectivity index (χ4n) is 2.50. The Bertz CT molecular complexity index is 993. The van der Waals surface area contributed by atoms with Gasteiger partial charge in [0.15, 0.2) is 5.16 Å². The van der Waals surface area contributed by atoms with Crippen molar-refractivity contribution in [2.45, 2.75) is 17.3 Å². The molecule has 0 aliphatic rings. The fourth-order valence-corrected chi connectivity index (χ4v) is 4.18.